The molecule has 0 bridgehead atoms. The Morgan fingerprint density at radius 2 is 1.90 bits per heavy atom. The summed E-state index contributed by atoms with van der Waals surface area (Å²) in [4.78, 5) is 0. The van der Waals surface area contributed by atoms with Gasteiger partial charge in [-0.15, -0.1) is 0 Å². The molecular formula is C20H23ClFN3O4S. The van der Waals surface area contributed by atoms with Crippen LogP contribution in [0.4, 0.5) is 4.39 Å². The van der Waals surface area contributed by atoms with Crippen LogP contribution in [0.2, 0.25) is 5.02 Å². The van der Waals surface area contributed by atoms with Crippen LogP contribution in [0.15, 0.2) is 30.3 Å². The molecule has 2 aromatic rings. The van der Waals surface area contributed by atoms with E-state index >= 15 is 0 Å². The fourth-order valence-corrected chi connectivity index (χ4v) is 3.39. The van der Waals surface area contributed by atoms with Crippen molar-refractivity contribution < 1.29 is 23.7 Å². The monoisotopic (exact) mass is 455 g/mol. The first-order valence-corrected chi connectivity index (χ1v) is 10.1. The maximum atomic E-state index is 14.3. The van der Waals surface area contributed by atoms with Crippen LogP contribution in [0, 0.1) is 16.6 Å². The standard InChI is InChI=1S/C20H23ClFN3O4S/c1-3-28-16-5-4-11(6-18(16)27-2)19(24)30-20(25)13-7-15(22)17(8-14(13)21)29-10-12(23)9-26/h4-8,12,24-26H,3,9-10,23H2,1-2H3. The predicted molar refractivity (Wildman–Crippen MR) is 117 cm³/mol. The predicted octanol–water partition coefficient (Wildman–Crippen LogP) is 3.67. The van der Waals surface area contributed by atoms with Gasteiger partial charge in [0.1, 0.15) is 16.7 Å². The van der Waals surface area contributed by atoms with Gasteiger partial charge in [0.15, 0.2) is 23.1 Å². The van der Waals surface area contributed by atoms with E-state index in [0.29, 0.717) is 23.7 Å². The van der Waals surface area contributed by atoms with E-state index in [2.05, 4.69) is 0 Å². The summed E-state index contributed by atoms with van der Waals surface area (Å²) in [6.45, 7) is 1.95. The number of aliphatic hydroxyl groups is 1. The second kappa shape index (κ2) is 11.2. The van der Waals surface area contributed by atoms with Crippen LogP contribution < -0.4 is 19.9 Å². The van der Waals surface area contributed by atoms with Gasteiger partial charge >= 0.3 is 0 Å². The third-order valence-electron chi connectivity index (χ3n) is 3.88. The van der Waals surface area contributed by atoms with Crippen LogP contribution in [0.1, 0.15) is 18.1 Å². The average molecular weight is 456 g/mol. The zero-order valence-corrected chi connectivity index (χ0v) is 18.1. The van der Waals surface area contributed by atoms with Crippen molar-refractivity contribution in [1.29, 1.82) is 10.8 Å². The molecule has 0 aromatic heterocycles. The molecule has 10 heteroatoms. The lowest BCUT2D eigenvalue weighted by Crippen LogP contribution is -2.31. The number of nitrogens with two attached hydrogens (primary N) is 1. The molecule has 30 heavy (non-hydrogen) atoms. The number of methoxy groups -OCH3 is 1. The van der Waals surface area contributed by atoms with Crippen molar-refractivity contribution in [3.63, 3.8) is 0 Å². The molecule has 0 heterocycles. The van der Waals surface area contributed by atoms with Gasteiger partial charge in [0.05, 0.1) is 31.4 Å². The SMILES string of the molecule is CCOc1ccc(C(=N)SC(=N)c2cc(F)c(OCC(N)CO)cc2Cl)cc1OC. The van der Waals surface area contributed by atoms with E-state index in [1.165, 1.54) is 13.2 Å². The maximum absolute atomic E-state index is 14.3. The Hall–Kier alpha value is -2.33. The molecule has 162 valence electrons. The number of hydrogen-bond donors (Lipinski definition) is 4. The molecule has 1 unspecified atom stereocenters. The Labute approximate surface area is 183 Å². The number of ether oxygens (including phenoxy) is 3. The van der Waals surface area contributed by atoms with Crippen molar-refractivity contribution in [3.8, 4) is 17.2 Å². The number of thioether (sulfide) groups is 1. The van der Waals surface area contributed by atoms with E-state index in [9.17, 15) is 4.39 Å². The Morgan fingerprint density at radius 1 is 1.17 bits per heavy atom. The van der Waals surface area contributed by atoms with E-state index in [1.54, 1.807) is 18.2 Å². The first-order chi connectivity index (χ1) is 14.3. The van der Waals surface area contributed by atoms with Gasteiger partial charge in [-0.25, -0.2) is 4.39 Å². The summed E-state index contributed by atoms with van der Waals surface area (Å²) in [6, 6.07) is 6.67. The van der Waals surface area contributed by atoms with Crippen molar-refractivity contribution in [2.24, 2.45) is 5.73 Å². The van der Waals surface area contributed by atoms with Crippen LogP contribution in [-0.4, -0.2) is 48.2 Å². The molecule has 0 saturated heterocycles. The summed E-state index contributed by atoms with van der Waals surface area (Å²) in [5.41, 5.74) is 6.17. The Balaban J connectivity index is 2.15. The number of nitrogens with one attached hydrogen (secondary N) is 2. The van der Waals surface area contributed by atoms with E-state index < -0.39 is 11.9 Å². The molecule has 0 radical (unpaired) electrons. The van der Waals surface area contributed by atoms with Crippen LogP contribution in [0.3, 0.4) is 0 Å². The molecule has 0 saturated carbocycles. The van der Waals surface area contributed by atoms with Crippen molar-refractivity contribution in [2.75, 3.05) is 26.9 Å². The average Bonchev–Trinajstić information content (AvgIpc) is 2.73. The number of aliphatic hydroxyl groups excluding tert-OH is 1. The molecule has 2 aromatic carbocycles. The molecule has 0 aliphatic rings. The zero-order valence-electron chi connectivity index (χ0n) is 16.5. The normalized spacial score (nSPS) is 11.7. The van der Waals surface area contributed by atoms with E-state index in [4.69, 9.17) is 47.5 Å². The number of benzene rings is 2. The van der Waals surface area contributed by atoms with Gasteiger partial charge in [0.25, 0.3) is 0 Å². The minimum Gasteiger partial charge on any atom is -0.493 e. The third kappa shape index (κ3) is 6.09. The Morgan fingerprint density at radius 3 is 2.53 bits per heavy atom. The second-order valence-corrected chi connectivity index (χ2v) is 7.50. The zero-order chi connectivity index (χ0) is 22.3. The maximum Gasteiger partial charge on any atom is 0.165 e. The quantitative estimate of drug-likeness (QED) is 0.338. The molecule has 0 aliphatic heterocycles. The Kier molecular flexibility index (Phi) is 8.91. The molecule has 2 rings (SSSR count). The summed E-state index contributed by atoms with van der Waals surface area (Å²) in [5.74, 6) is 0.173. The summed E-state index contributed by atoms with van der Waals surface area (Å²) in [5, 5.41) is 25.5. The highest BCUT2D eigenvalue weighted by molar-refractivity contribution is 8.27. The summed E-state index contributed by atoms with van der Waals surface area (Å²) in [7, 11) is 1.50. The van der Waals surface area contributed by atoms with Gasteiger partial charge in [-0.3, -0.25) is 10.8 Å². The lowest BCUT2D eigenvalue weighted by atomic mass is 10.2. The lowest BCUT2D eigenvalue weighted by Gasteiger charge is -2.14. The van der Waals surface area contributed by atoms with Gasteiger partial charge < -0.3 is 25.1 Å². The smallest absolute Gasteiger partial charge is 0.165 e. The molecule has 0 aliphatic carbocycles. The molecular weight excluding hydrogens is 433 g/mol. The van der Waals surface area contributed by atoms with Crippen molar-refractivity contribution in [3.05, 3.63) is 52.3 Å². The third-order valence-corrected chi connectivity index (χ3v) is 5.06. The van der Waals surface area contributed by atoms with Crippen LogP contribution in [0.5, 0.6) is 17.2 Å². The van der Waals surface area contributed by atoms with Gasteiger partial charge in [-0.05, 0) is 31.2 Å². The van der Waals surface area contributed by atoms with Gasteiger partial charge in [0, 0.05) is 17.2 Å². The van der Waals surface area contributed by atoms with Crippen molar-refractivity contribution >= 4 is 33.5 Å². The number of halogens is 2. The Bertz CT molecular complexity index is 929. The summed E-state index contributed by atoms with van der Waals surface area (Å²) >= 11 is 7.01. The minimum absolute atomic E-state index is 0.0621. The first kappa shape index (κ1) is 23.9. The van der Waals surface area contributed by atoms with E-state index in [0.717, 1.165) is 17.8 Å². The summed E-state index contributed by atoms with van der Waals surface area (Å²) < 4.78 is 30.3. The highest BCUT2D eigenvalue weighted by atomic mass is 35.5. The molecule has 5 N–H and O–H groups in total. The molecule has 7 nitrogen and oxygen atoms in total. The highest BCUT2D eigenvalue weighted by Crippen LogP contribution is 2.32. The van der Waals surface area contributed by atoms with Crippen LogP contribution in [0.25, 0.3) is 0 Å². The topological polar surface area (TPSA) is 122 Å². The van der Waals surface area contributed by atoms with E-state index in [-0.39, 0.29) is 39.6 Å². The fourth-order valence-electron chi connectivity index (χ4n) is 2.36. The van der Waals surface area contributed by atoms with Gasteiger partial charge in [-0.1, -0.05) is 23.4 Å². The molecule has 0 fully saturated rings. The fraction of sp³-hybridized carbons (Fsp3) is 0.300. The molecule has 0 amide bonds. The molecule has 0 spiro atoms. The second-order valence-electron chi connectivity index (χ2n) is 6.08. The van der Waals surface area contributed by atoms with Crippen molar-refractivity contribution in [2.45, 2.75) is 13.0 Å². The van der Waals surface area contributed by atoms with Gasteiger partial charge in [0.2, 0.25) is 0 Å². The number of hydrogen-bond acceptors (Lipinski definition) is 8. The summed E-state index contributed by atoms with van der Waals surface area (Å²) in [6.07, 6.45) is 0. The largest absolute Gasteiger partial charge is 0.493 e. The molecule has 1 atom stereocenters. The van der Waals surface area contributed by atoms with Crippen molar-refractivity contribution in [1.82, 2.24) is 0 Å². The van der Waals surface area contributed by atoms with Gasteiger partial charge in [-0.2, -0.15) is 0 Å². The number of rotatable bonds is 9. The lowest BCUT2D eigenvalue weighted by molar-refractivity contribution is 0.202. The van der Waals surface area contributed by atoms with Crippen LogP contribution in [-0.2, 0) is 0 Å². The first-order valence-electron chi connectivity index (χ1n) is 8.95. The van der Waals surface area contributed by atoms with E-state index in [1.807, 2.05) is 6.92 Å². The van der Waals surface area contributed by atoms with Crippen LogP contribution >= 0.6 is 23.4 Å². The highest BCUT2D eigenvalue weighted by Gasteiger charge is 2.17. The minimum atomic E-state index is -0.723.